The zero-order chi connectivity index (χ0) is 9.42. The molecule has 1 aromatic rings. The van der Waals surface area contributed by atoms with Crippen molar-refractivity contribution in [1.82, 2.24) is 0 Å². The van der Waals surface area contributed by atoms with E-state index >= 15 is 0 Å². The van der Waals surface area contributed by atoms with Crippen LogP contribution in [0.5, 0.6) is 0 Å². The highest BCUT2D eigenvalue weighted by Crippen LogP contribution is 2.36. The van der Waals surface area contributed by atoms with Crippen LogP contribution < -0.4 is 5.32 Å². The zero-order valence-electron chi connectivity index (χ0n) is 7.40. The van der Waals surface area contributed by atoms with Crippen LogP contribution in [0, 0.1) is 0 Å². The molecule has 1 aliphatic heterocycles. The fourth-order valence-electron chi connectivity index (χ4n) is 1.65. The van der Waals surface area contributed by atoms with Crippen molar-refractivity contribution in [2.24, 2.45) is 0 Å². The second-order valence-corrected chi connectivity index (χ2v) is 4.26. The van der Waals surface area contributed by atoms with Gasteiger partial charge in [-0.25, -0.2) is 0 Å². The van der Waals surface area contributed by atoms with E-state index < -0.39 is 0 Å². The van der Waals surface area contributed by atoms with Gasteiger partial charge in [0.2, 0.25) is 0 Å². The van der Waals surface area contributed by atoms with Crippen molar-refractivity contribution in [1.29, 1.82) is 0 Å². The average molecular weight is 216 g/mol. The van der Waals surface area contributed by atoms with E-state index in [1.54, 1.807) is 0 Å². The molecule has 0 spiro atoms. The van der Waals surface area contributed by atoms with Crippen LogP contribution in [0.15, 0.2) is 12.1 Å². The third-order valence-electron chi connectivity index (χ3n) is 2.42. The number of benzene rings is 1. The third kappa shape index (κ3) is 1.63. The van der Waals surface area contributed by atoms with Gasteiger partial charge >= 0.3 is 0 Å². The Morgan fingerprint density at radius 1 is 1.38 bits per heavy atom. The first kappa shape index (κ1) is 9.17. The fraction of sp³-hybridized carbons (Fsp3) is 0.400. The number of anilines is 1. The summed E-state index contributed by atoms with van der Waals surface area (Å²) >= 11 is 12.0. The smallest absolute Gasteiger partial charge is 0.0826 e. The van der Waals surface area contributed by atoms with Gasteiger partial charge in [-0.15, -0.1) is 0 Å². The summed E-state index contributed by atoms with van der Waals surface area (Å²) in [7, 11) is 0. The quantitative estimate of drug-likeness (QED) is 0.696. The minimum Gasteiger partial charge on any atom is -0.381 e. The van der Waals surface area contributed by atoms with Crippen molar-refractivity contribution in [3.63, 3.8) is 0 Å². The molecule has 0 aromatic heterocycles. The normalized spacial score (nSPS) is 20.7. The molecule has 2 rings (SSSR count). The number of halogens is 2. The van der Waals surface area contributed by atoms with Gasteiger partial charge in [0.25, 0.3) is 0 Å². The van der Waals surface area contributed by atoms with Crippen LogP contribution in [0.4, 0.5) is 5.69 Å². The Bertz CT molecular complexity index is 336. The Morgan fingerprint density at radius 3 is 2.92 bits per heavy atom. The average Bonchev–Trinajstić information content (AvgIpc) is 2.12. The van der Waals surface area contributed by atoms with Crippen molar-refractivity contribution in [3.05, 3.63) is 27.7 Å². The molecular formula is C10H11Cl2N. The number of fused-ring (bicyclic) bond motifs is 1. The number of hydrogen-bond acceptors (Lipinski definition) is 1. The van der Waals surface area contributed by atoms with Gasteiger partial charge in [-0.2, -0.15) is 0 Å². The van der Waals surface area contributed by atoms with Gasteiger partial charge in [0.15, 0.2) is 0 Å². The van der Waals surface area contributed by atoms with Crippen LogP contribution in [0.3, 0.4) is 0 Å². The molecule has 0 radical (unpaired) electrons. The van der Waals surface area contributed by atoms with E-state index in [9.17, 15) is 0 Å². The standard InChI is InChI=1S/C10H11Cl2N/c1-6-2-3-7-4-5-8(11)9(12)10(7)13-6/h4-6,13H,2-3H2,1H3/t6-/m0/s1. The van der Waals surface area contributed by atoms with Crippen molar-refractivity contribution < 1.29 is 0 Å². The number of aryl methyl sites for hydroxylation is 1. The first-order valence-electron chi connectivity index (χ1n) is 4.42. The summed E-state index contributed by atoms with van der Waals surface area (Å²) in [6, 6.07) is 4.39. The van der Waals surface area contributed by atoms with Crippen molar-refractivity contribution >= 4 is 28.9 Å². The van der Waals surface area contributed by atoms with E-state index in [1.165, 1.54) is 5.56 Å². The van der Waals surface area contributed by atoms with Gasteiger partial charge in [0.1, 0.15) is 0 Å². The van der Waals surface area contributed by atoms with E-state index in [2.05, 4.69) is 12.2 Å². The lowest BCUT2D eigenvalue weighted by atomic mass is 9.99. The Morgan fingerprint density at radius 2 is 2.15 bits per heavy atom. The summed E-state index contributed by atoms with van der Waals surface area (Å²) in [5.74, 6) is 0. The number of nitrogens with one attached hydrogen (secondary N) is 1. The zero-order valence-corrected chi connectivity index (χ0v) is 8.91. The molecule has 13 heavy (non-hydrogen) atoms. The van der Waals surface area contributed by atoms with Crippen molar-refractivity contribution in [2.45, 2.75) is 25.8 Å². The molecule has 0 saturated carbocycles. The largest absolute Gasteiger partial charge is 0.381 e. The molecule has 3 heteroatoms. The van der Waals surface area contributed by atoms with Crippen LogP contribution in [-0.2, 0) is 6.42 Å². The molecule has 0 amide bonds. The lowest BCUT2D eigenvalue weighted by Gasteiger charge is -2.25. The molecule has 0 bridgehead atoms. The van der Waals surface area contributed by atoms with Crippen molar-refractivity contribution in [2.75, 3.05) is 5.32 Å². The fourth-order valence-corrected chi connectivity index (χ4v) is 2.04. The van der Waals surface area contributed by atoms with Gasteiger partial charge < -0.3 is 5.32 Å². The highest BCUT2D eigenvalue weighted by Gasteiger charge is 2.17. The lowest BCUT2D eigenvalue weighted by molar-refractivity contribution is 0.681. The maximum Gasteiger partial charge on any atom is 0.0826 e. The summed E-state index contributed by atoms with van der Waals surface area (Å²) < 4.78 is 0. The molecule has 1 nitrogen and oxygen atoms in total. The van der Waals surface area contributed by atoms with Crippen LogP contribution in [0.2, 0.25) is 10.0 Å². The van der Waals surface area contributed by atoms with Gasteiger partial charge in [0.05, 0.1) is 15.7 Å². The monoisotopic (exact) mass is 215 g/mol. The van der Waals surface area contributed by atoms with E-state index in [0.29, 0.717) is 16.1 Å². The highest BCUT2D eigenvalue weighted by molar-refractivity contribution is 6.43. The molecule has 1 aromatic carbocycles. The molecule has 0 saturated heterocycles. The molecule has 1 aliphatic rings. The van der Waals surface area contributed by atoms with Crippen molar-refractivity contribution in [3.8, 4) is 0 Å². The summed E-state index contributed by atoms with van der Waals surface area (Å²) in [4.78, 5) is 0. The maximum atomic E-state index is 6.08. The second kappa shape index (κ2) is 3.39. The second-order valence-electron chi connectivity index (χ2n) is 3.48. The Labute approximate surface area is 88.0 Å². The predicted molar refractivity (Wildman–Crippen MR) is 57.9 cm³/mol. The Balaban J connectivity index is 2.48. The Kier molecular flexibility index (Phi) is 2.39. The van der Waals surface area contributed by atoms with Gasteiger partial charge in [-0.1, -0.05) is 29.3 Å². The van der Waals surface area contributed by atoms with Gasteiger partial charge in [-0.3, -0.25) is 0 Å². The minimum atomic E-state index is 0.489. The predicted octanol–water partition coefficient (Wildman–Crippen LogP) is 3.74. The summed E-state index contributed by atoms with van der Waals surface area (Å²) in [6.45, 7) is 2.15. The molecule has 1 heterocycles. The SMILES string of the molecule is C[C@H]1CCc2ccc(Cl)c(Cl)c2N1. The Hall–Kier alpha value is -0.400. The van der Waals surface area contributed by atoms with E-state index in [-0.39, 0.29) is 0 Å². The van der Waals surface area contributed by atoms with Crippen LogP contribution in [-0.4, -0.2) is 6.04 Å². The molecule has 0 fully saturated rings. The molecule has 1 atom stereocenters. The van der Waals surface area contributed by atoms with Crippen LogP contribution in [0.25, 0.3) is 0 Å². The molecule has 0 unspecified atom stereocenters. The third-order valence-corrected chi connectivity index (χ3v) is 3.22. The highest BCUT2D eigenvalue weighted by atomic mass is 35.5. The summed E-state index contributed by atoms with van der Waals surface area (Å²) in [5, 5.41) is 4.64. The summed E-state index contributed by atoms with van der Waals surface area (Å²) in [6.07, 6.45) is 2.24. The molecule has 0 aliphatic carbocycles. The molecular weight excluding hydrogens is 205 g/mol. The van der Waals surface area contributed by atoms with Crippen LogP contribution >= 0.6 is 23.2 Å². The first-order valence-corrected chi connectivity index (χ1v) is 5.17. The lowest BCUT2D eigenvalue weighted by Crippen LogP contribution is -2.22. The van der Waals surface area contributed by atoms with E-state index in [4.69, 9.17) is 23.2 Å². The number of rotatable bonds is 0. The van der Waals surface area contributed by atoms with E-state index in [1.807, 2.05) is 12.1 Å². The maximum absolute atomic E-state index is 6.08. The number of hydrogen-bond donors (Lipinski definition) is 1. The minimum absolute atomic E-state index is 0.489. The van der Waals surface area contributed by atoms with E-state index in [0.717, 1.165) is 18.5 Å². The molecule has 70 valence electrons. The topological polar surface area (TPSA) is 12.0 Å². The summed E-state index contributed by atoms with van der Waals surface area (Å²) in [5.41, 5.74) is 2.29. The van der Waals surface area contributed by atoms with Gasteiger partial charge in [0, 0.05) is 6.04 Å². The molecule has 1 N–H and O–H groups in total. The van der Waals surface area contributed by atoms with Crippen LogP contribution in [0.1, 0.15) is 18.9 Å². The first-order chi connectivity index (χ1) is 6.18. The van der Waals surface area contributed by atoms with Gasteiger partial charge in [-0.05, 0) is 31.4 Å².